The van der Waals surface area contributed by atoms with Crippen LogP contribution in [0.25, 0.3) is 0 Å². The fourth-order valence-corrected chi connectivity index (χ4v) is 1.40. The van der Waals surface area contributed by atoms with Crippen molar-refractivity contribution in [2.75, 3.05) is 0 Å². The number of ether oxygens (including phenoxy) is 1. The van der Waals surface area contributed by atoms with E-state index in [4.69, 9.17) is 20.4 Å². The summed E-state index contributed by atoms with van der Waals surface area (Å²) in [5.41, 5.74) is 2.42. The van der Waals surface area contributed by atoms with Gasteiger partial charge in [-0.3, -0.25) is 10.2 Å². The van der Waals surface area contributed by atoms with Crippen LogP contribution < -0.4 is 16.0 Å². The molecule has 7 nitrogen and oxygen atoms in total. The zero-order valence-corrected chi connectivity index (χ0v) is 9.79. The van der Waals surface area contributed by atoms with E-state index in [-0.39, 0.29) is 12.3 Å². The normalized spacial score (nSPS) is 9.68. The predicted octanol–water partition coefficient (Wildman–Crippen LogP) is 0.729. The van der Waals surface area contributed by atoms with Crippen LogP contribution in [0.15, 0.2) is 34.9 Å². The summed E-state index contributed by atoms with van der Waals surface area (Å²) in [7, 11) is 0. The third kappa shape index (κ3) is 2.88. The highest BCUT2D eigenvalue weighted by atomic mass is 16.5. The van der Waals surface area contributed by atoms with Gasteiger partial charge in [0.25, 0.3) is 5.91 Å². The standard InChI is InChI=1S/C12H10N4O3/c13-6-8-3-1-2-4-11(8)18-7-9-5-10(16-19-9)12(17)15-14/h1-5H,7,14H2,(H,15,17). The molecule has 0 saturated heterocycles. The van der Waals surface area contributed by atoms with Crippen molar-refractivity contribution in [3.8, 4) is 11.8 Å². The summed E-state index contributed by atoms with van der Waals surface area (Å²) >= 11 is 0. The molecule has 0 spiro atoms. The van der Waals surface area contributed by atoms with Crippen LogP contribution in [0, 0.1) is 11.3 Å². The second-order valence-electron chi connectivity index (χ2n) is 3.55. The van der Waals surface area contributed by atoms with Crippen molar-refractivity contribution in [2.45, 2.75) is 6.61 Å². The Morgan fingerprint density at radius 1 is 1.53 bits per heavy atom. The SMILES string of the molecule is N#Cc1ccccc1OCc1cc(C(=O)NN)no1. The number of carbonyl (C=O) groups excluding carboxylic acids is 1. The number of carbonyl (C=O) groups is 1. The van der Waals surface area contributed by atoms with Crippen LogP contribution >= 0.6 is 0 Å². The molecule has 96 valence electrons. The van der Waals surface area contributed by atoms with Gasteiger partial charge in [-0.15, -0.1) is 0 Å². The Labute approximate surface area is 108 Å². The van der Waals surface area contributed by atoms with Gasteiger partial charge in [0.1, 0.15) is 18.4 Å². The highest BCUT2D eigenvalue weighted by Crippen LogP contribution is 2.18. The quantitative estimate of drug-likeness (QED) is 0.474. The third-order valence-corrected chi connectivity index (χ3v) is 2.30. The van der Waals surface area contributed by atoms with Gasteiger partial charge < -0.3 is 9.26 Å². The number of hydrazine groups is 1. The summed E-state index contributed by atoms with van der Waals surface area (Å²) in [6.45, 7) is 0.0591. The smallest absolute Gasteiger partial charge is 0.287 e. The number of para-hydroxylation sites is 1. The lowest BCUT2D eigenvalue weighted by molar-refractivity contribution is 0.0944. The Balaban J connectivity index is 2.05. The van der Waals surface area contributed by atoms with E-state index in [0.717, 1.165) is 0 Å². The van der Waals surface area contributed by atoms with E-state index in [1.807, 2.05) is 11.5 Å². The highest BCUT2D eigenvalue weighted by Gasteiger charge is 2.12. The second kappa shape index (κ2) is 5.66. The maximum absolute atomic E-state index is 11.2. The van der Waals surface area contributed by atoms with Crippen LogP contribution in [0.1, 0.15) is 21.8 Å². The van der Waals surface area contributed by atoms with Gasteiger partial charge in [-0.25, -0.2) is 5.84 Å². The number of amides is 1. The lowest BCUT2D eigenvalue weighted by Crippen LogP contribution is -2.30. The second-order valence-corrected chi connectivity index (χ2v) is 3.55. The van der Waals surface area contributed by atoms with Crippen molar-refractivity contribution in [1.82, 2.24) is 10.6 Å². The van der Waals surface area contributed by atoms with E-state index in [2.05, 4.69) is 5.16 Å². The number of nitrogens with zero attached hydrogens (tertiary/aromatic N) is 2. The minimum absolute atomic E-state index is 0.0591. The van der Waals surface area contributed by atoms with E-state index >= 15 is 0 Å². The maximum atomic E-state index is 11.2. The molecule has 1 aromatic carbocycles. The van der Waals surface area contributed by atoms with E-state index in [9.17, 15) is 4.79 Å². The molecule has 7 heteroatoms. The van der Waals surface area contributed by atoms with Crippen molar-refractivity contribution in [3.63, 3.8) is 0 Å². The third-order valence-electron chi connectivity index (χ3n) is 2.30. The molecule has 0 unspecified atom stereocenters. The lowest BCUT2D eigenvalue weighted by atomic mass is 10.2. The van der Waals surface area contributed by atoms with Gasteiger partial charge in [0.05, 0.1) is 5.56 Å². The molecule has 2 rings (SSSR count). The van der Waals surface area contributed by atoms with Gasteiger partial charge in [0.2, 0.25) is 0 Å². The van der Waals surface area contributed by atoms with E-state index in [0.29, 0.717) is 17.1 Å². The molecule has 0 radical (unpaired) electrons. The Hall–Kier alpha value is -2.85. The molecule has 3 N–H and O–H groups in total. The molecule has 1 heterocycles. The first-order chi connectivity index (χ1) is 9.24. The van der Waals surface area contributed by atoms with E-state index < -0.39 is 5.91 Å². The molecule has 19 heavy (non-hydrogen) atoms. The topological polar surface area (TPSA) is 114 Å². The Morgan fingerprint density at radius 3 is 3.05 bits per heavy atom. The van der Waals surface area contributed by atoms with Gasteiger partial charge in [-0.1, -0.05) is 17.3 Å². The van der Waals surface area contributed by atoms with Crippen LogP contribution in [0.4, 0.5) is 0 Å². The molecule has 1 aromatic heterocycles. The lowest BCUT2D eigenvalue weighted by Gasteiger charge is -2.04. The summed E-state index contributed by atoms with van der Waals surface area (Å²) in [4.78, 5) is 11.2. The number of nitrogens with two attached hydrogens (primary N) is 1. The largest absolute Gasteiger partial charge is 0.484 e. The monoisotopic (exact) mass is 258 g/mol. The number of aromatic nitrogens is 1. The molecule has 0 fully saturated rings. The van der Waals surface area contributed by atoms with Crippen LogP contribution in [0.5, 0.6) is 5.75 Å². The first-order valence-corrected chi connectivity index (χ1v) is 5.33. The minimum atomic E-state index is -0.549. The Morgan fingerprint density at radius 2 is 2.32 bits per heavy atom. The first kappa shape index (κ1) is 12.6. The molecular weight excluding hydrogens is 248 g/mol. The number of nitrogen functional groups attached to an aromatic ring is 1. The fourth-order valence-electron chi connectivity index (χ4n) is 1.40. The zero-order valence-electron chi connectivity index (χ0n) is 9.79. The maximum Gasteiger partial charge on any atom is 0.287 e. The van der Waals surface area contributed by atoms with Gasteiger partial charge in [-0.05, 0) is 12.1 Å². The average Bonchev–Trinajstić information content (AvgIpc) is 2.93. The van der Waals surface area contributed by atoms with Gasteiger partial charge >= 0.3 is 0 Å². The van der Waals surface area contributed by atoms with Gasteiger partial charge in [-0.2, -0.15) is 5.26 Å². The van der Waals surface area contributed by atoms with Gasteiger partial charge in [0.15, 0.2) is 11.5 Å². The molecule has 0 saturated carbocycles. The molecular formula is C12H10N4O3. The first-order valence-electron chi connectivity index (χ1n) is 5.33. The summed E-state index contributed by atoms with van der Waals surface area (Å²) < 4.78 is 10.3. The zero-order chi connectivity index (χ0) is 13.7. The van der Waals surface area contributed by atoms with Crippen LogP contribution in [0.3, 0.4) is 0 Å². The van der Waals surface area contributed by atoms with Crippen molar-refractivity contribution >= 4 is 5.91 Å². The van der Waals surface area contributed by atoms with Crippen LogP contribution in [-0.4, -0.2) is 11.1 Å². The summed E-state index contributed by atoms with van der Waals surface area (Å²) in [5, 5.41) is 12.4. The Bertz CT molecular complexity index is 630. The molecule has 1 amide bonds. The number of rotatable bonds is 4. The molecule has 0 bridgehead atoms. The summed E-state index contributed by atoms with van der Waals surface area (Å²) in [5.74, 6) is 5.21. The number of benzene rings is 1. The summed E-state index contributed by atoms with van der Waals surface area (Å²) in [6.07, 6.45) is 0. The number of nitrogens with one attached hydrogen (secondary N) is 1. The molecule has 2 aromatic rings. The number of hydrogen-bond donors (Lipinski definition) is 2. The predicted molar refractivity (Wildman–Crippen MR) is 63.6 cm³/mol. The molecule has 0 aliphatic carbocycles. The van der Waals surface area contributed by atoms with Gasteiger partial charge in [0, 0.05) is 6.07 Å². The van der Waals surface area contributed by atoms with Crippen molar-refractivity contribution in [2.24, 2.45) is 5.84 Å². The molecule has 0 aliphatic rings. The van der Waals surface area contributed by atoms with E-state index in [1.54, 1.807) is 24.3 Å². The van der Waals surface area contributed by atoms with Crippen LogP contribution in [-0.2, 0) is 6.61 Å². The number of hydrogen-bond acceptors (Lipinski definition) is 6. The van der Waals surface area contributed by atoms with E-state index in [1.165, 1.54) is 6.07 Å². The van der Waals surface area contributed by atoms with Crippen LogP contribution in [0.2, 0.25) is 0 Å². The van der Waals surface area contributed by atoms with Crippen molar-refractivity contribution < 1.29 is 14.1 Å². The Kier molecular flexibility index (Phi) is 3.75. The highest BCUT2D eigenvalue weighted by molar-refractivity contribution is 5.91. The summed E-state index contributed by atoms with van der Waals surface area (Å²) in [6, 6.07) is 10.2. The molecule has 0 aliphatic heterocycles. The van der Waals surface area contributed by atoms with Crippen molar-refractivity contribution in [1.29, 1.82) is 5.26 Å². The fraction of sp³-hybridized carbons (Fsp3) is 0.0833. The van der Waals surface area contributed by atoms with Crippen molar-refractivity contribution in [3.05, 3.63) is 47.3 Å². The number of nitriles is 1. The molecule has 0 atom stereocenters. The average molecular weight is 258 g/mol. The minimum Gasteiger partial charge on any atom is -0.484 e.